The molecule has 3 atom stereocenters. The van der Waals surface area contributed by atoms with E-state index in [1.165, 1.54) is 60.7 Å². The number of carbonyl (C=O) groups is 4. The molecule has 668 valence electrons. The summed E-state index contributed by atoms with van der Waals surface area (Å²) in [6, 6.07) is 41.3. The highest BCUT2D eigenvalue weighted by Crippen LogP contribution is 2.37. The lowest BCUT2D eigenvalue weighted by molar-refractivity contribution is 0.0904. The topological polar surface area (TPSA) is 404 Å². The molecule has 0 aliphatic rings. The number of nitrogens with one attached hydrogen (secondary N) is 4. The van der Waals surface area contributed by atoms with Crippen LogP contribution in [0.3, 0.4) is 0 Å². The summed E-state index contributed by atoms with van der Waals surface area (Å²) in [5.74, 6) is -6.03. The van der Waals surface area contributed by atoms with Gasteiger partial charge in [-0.05, 0) is 189 Å². The molecule has 0 bridgehead atoms. The van der Waals surface area contributed by atoms with Crippen molar-refractivity contribution >= 4 is 69.8 Å². The zero-order valence-electron chi connectivity index (χ0n) is 70.5. The first-order valence-electron chi connectivity index (χ1n) is 40.0. The molecule has 16 rings (SSSR count). The number of hydrogen-bond donors (Lipinski definition) is 11. The van der Waals surface area contributed by atoms with Gasteiger partial charge in [0.05, 0.1) is 84.0 Å². The van der Waals surface area contributed by atoms with Crippen LogP contribution in [0.25, 0.3) is 89.3 Å². The first-order valence-corrected chi connectivity index (χ1v) is 41.3. The summed E-state index contributed by atoms with van der Waals surface area (Å²) < 4.78 is 107. The van der Waals surface area contributed by atoms with Crippen molar-refractivity contribution in [1.82, 2.24) is 80.3 Å². The van der Waals surface area contributed by atoms with Gasteiger partial charge in [-0.2, -0.15) is 31.7 Å². The number of nitrogens with zero attached hydrogens (tertiary/aromatic N) is 12. The monoisotopic (exact) mass is 1820 g/mol. The van der Waals surface area contributed by atoms with E-state index in [4.69, 9.17) is 34.5 Å². The minimum Gasteiger partial charge on any atom is -0.394 e. The van der Waals surface area contributed by atoms with Crippen LogP contribution in [0.2, 0.25) is 5.02 Å². The molecular weight excluding hydrogens is 1730 g/mol. The highest BCUT2D eigenvalue weighted by Gasteiger charge is 2.26. The normalized spacial score (nSPS) is 11.7. The number of nitrogen functional groups attached to an aromatic ring is 4. The Labute approximate surface area is 754 Å². The van der Waals surface area contributed by atoms with Gasteiger partial charge in [-0.15, -0.1) is 0 Å². The first-order chi connectivity index (χ1) is 62.9. The van der Waals surface area contributed by atoms with Gasteiger partial charge in [0.2, 0.25) is 0 Å². The van der Waals surface area contributed by atoms with Gasteiger partial charge in [0.25, 0.3) is 23.6 Å². The van der Waals surface area contributed by atoms with Crippen molar-refractivity contribution in [1.29, 1.82) is 0 Å². The number of anilines is 4. The van der Waals surface area contributed by atoms with Crippen LogP contribution >= 0.6 is 22.9 Å². The second-order valence-corrected chi connectivity index (χ2v) is 31.2. The number of aryl methyl sites for hydroxylation is 5. The Morgan fingerprint density at radius 3 is 1.15 bits per heavy atom. The molecule has 16 aromatic rings. The molecule has 0 unspecified atom stereocenters. The van der Waals surface area contributed by atoms with Crippen LogP contribution in [0.1, 0.15) is 92.9 Å². The minimum atomic E-state index is -1.06. The number of alkyl halides is 1. The van der Waals surface area contributed by atoms with Crippen molar-refractivity contribution in [3.05, 3.63) is 344 Å². The van der Waals surface area contributed by atoms with Gasteiger partial charge in [-0.3, -0.25) is 37.9 Å². The molecule has 36 heteroatoms. The third-order valence-corrected chi connectivity index (χ3v) is 21.8. The Hall–Kier alpha value is -15.6. The molecule has 0 saturated heterocycles. The van der Waals surface area contributed by atoms with Crippen LogP contribution in [0, 0.1) is 41.8 Å². The standard InChI is InChI=1S/C25H22F3N5O2.C25H24FN5O2.C24H20ClF2N5O2.C21H18FN5OS/c1-33-12-18(11-31-33)17-7-21(24(29)30-10-17)15-2-3-20(22(28)8-15)25(35)32-23(13-34)16-4-14(9-26)5-19(27)6-16;1-15-4-3-5-17(10-15)22(14-32)30-25(33)19-7-6-16(12-21(19)26)20-11-18(13-28-24(20)27)23-8-9-29-31(23)2;1-32-22(4-5-30-32)15-8-19(23(28)29-11-15)13-2-3-18(20(27)9-13)24(34)31-21(12-33)14-6-16(25)10-17(26)7-14;1-27-11-16(10-26-27)15-6-18(20(23)24-9-15)14-2-3-17(19(22)7-14)21(28)25-8-13-4-5-29-12-13/h2-8,10-12,23,34H,9,13H2,1H3,(H2,29,30)(H,32,35);3-13,22,32H,14H2,1-2H3,(H2,27,28)(H,30,33);2-11,21,33H,12H2,1H3,(H2,28,29)(H,31,34);2-7,9-12H,8H2,1H3,(H2,23,24)(H,25,28)/t23-;22-;21-;/m111./s1. The van der Waals surface area contributed by atoms with E-state index in [-0.39, 0.29) is 73.8 Å². The van der Waals surface area contributed by atoms with Crippen molar-refractivity contribution in [2.45, 2.75) is 38.3 Å². The summed E-state index contributed by atoms with van der Waals surface area (Å²) in [6.07, 6.45) is 16.8. The Bertz CT molecular complexity index is 6850. The van der Waals surface area contributed by atoms with E-state index in [9.17, 15) is 65.2 Å². The lowest BCUT2D eigenvalue weighted by Crippen LogP contribution is -2.31. The Kier molecular flexibility index (Phi) is 29.8. The fourth-order valence-corrected chi connectivity index (χ4v) is 14.9. The molecule has 0 aliphatic carbocycles. The summed E-state index contributed by atoms with van der Waals surface area (Å²) in [7, 11) is 7.21. The van der Waals surface area contributed by atoms with Crippen LogP contribution < -0.4 is 44.2 Å². The van der Waals surface area contributed by atoms with E-state index in [2.05, 4.69) is 61.6 Å². The predicted molar refractivity (Wildman–Crippen MR) is 486 cm³/mol. The van der Waals surface area contributed by atoms with Crippen LogP contribution in [0.4, 0.5) is 54.0 Å². The molecule has 131 heavy (non-hydrogen) atoms. The maximum atomic E-state index is 15.0. The lowest BCUT2D eigenvalue weighted by Gasteiger charge is -2.18. The summed E-state index contributed by atoms with van der Waals surface area (Å²) in [5, 5.41) is 60.0. The minimum absolute atomic E-state index is 0.0149. The largest absolute Gasteiger partial charge is 0.394 e. The number of aliphatic hydroxyl groups is 3. The Morgan fingerprint density at radius 2 is 0.802 bits per heavy atom. The number of halogens is 8. The number of thiophene rings is 1. The maximum Gasteiger partial charge on any atom is 0.254 e. The zero-order chi connectivity index (χ0) is 93.4. The number of pyridine rings is 4. The van der Waals surface area contributed by atoms with Gasteiger partial charge >= 0.3 is 0 Å². The summed E-state index contributed by atoms with van der Waals surface area (Å²) in [5.41, 5.74) is 37.0. The molecule has 0 aliphatic heterocycles. The number of amides is 4. The van der Waals surface area contributed by atoms with Crippen LogP contribution in [0.15, 0.2) is 249 Å². The van der Waals surface area contributed by atoms with E-state index in [0.29, 0.717) is 51.1 Å². The van der Waals surface area contributed by atoms with E-state index >= 15 is 0 Å². The van der Waals surface area contributed by atoms with Crippen molar-refractivity contribution < 1.29 is 65.2 Å². The SMILES string of the molecule is Cc1cccc([C@@H](CO)NC(=O)c2ccc(-c3cc(-c4ccnn4C)cnc3N)cc2F)c1.Cn1cc(-c2cnc(N)c(-c3ccc(C(=O)NCc4ccsc4)c(F)c3)c2)cn1.Cn1cc(-c2cnc(N)c(-c3ccc(C(=O)N[C@H](CO)c4cc(F)cc(CF)c4)c(F)c3)c2)cn1.Cn1nccc1-c1cnc(N)c(-c2ccc(C(=O)N[C@H](CO)c3cc(F)cc(Cl)c3)c(F)c2)c1. The third-order valence-electron chi connectivity index (χ3n) is 20.8. The first kappa shape index (κ1) is 93.1. The molecule has 0 spiro atoms. The molecule has 7 aromatic carbocycles. The van der Waals surface area contributed by atoms with Crippen LogP contribution in [-0.4, -0.2) is 118 Å². The van der Waals surface area contributed by atoms with Crippen LogP contribution in [-0.2, 0) is 41.4 Å². The summed E-state index contributed by atoms with van der Waals surface area (Å²) in [6.45, 7) is -0.0709. The highest BCUT2D eigenvalue weighted by atomic mass is 35.5. The van der Waals surface area contributed by atoms with Crippen molar-refractivity contribution in [3.8, 4) is 89.3 Å². The number of aliphatic hydroxyl groups excluding tert-OH is 3. The second-order valence-electron chi connectivity index (χ2n) is 30.0. The molecule has 0 saturated carbocycles. The number of aromatic nitrogens is 12. The number of hydrogen-bond acceptors (Lipinski definition) is 20. The lowest BCUT2D eigenvalue weighted by atomic mass is 10.00. The summed E-state index contributed by atoms with van der Waals surface area (Å²) >= 11 is 7.40. The molecule has 9 heterocycles. The zero-order valence-corrected chi connectivity index (χ0v) is 72.1. The molecule has 27 nitrogen and oxygen atoms in total. The smallest absolute Gasteiger partial charge is 0.254 e. The van der Waals surface area contributed by atoms with Gasteiger partial charge in [0.15, 0.2) is 0 Å². The van der Waals surface area contributed by atoms with Gasteiger partial charge in [0.1, 0.15) is 64.8 Å². The highest BCUT2D eigenvalue weighted by molar-refractivity contribution is 7.08. The van der Waals surface area contributed by atoms with Crippen molar-refractivity contribution in [3.63, 3.8) is 0 Å². The average Bonchev–Trinajstić information content (AvgIpc) is 1.81. The number of carbonyl (C=O) groups excluding carboxylic acids is 4. The number of benzene rings is 7. The van der Waals surface area contributed by atoms with Gasteiger partial charge < -0.3 is 59.5 Å². The molecule has 0 radical (unpaired) electrons. The molecule has 15 N–H and O–H groups in total. The molecule has 4 amide bonds. The predicted octanol–water partition coefficient (Wildman–Crippen LogP) is 15.6. The van der Waals surface area contributed by atoms with Gasteiger partial charge in [-0.25, -0.2) is 50.7 Å². The third kappa shape index (κ3) is 22.7. The fraction of sp³-hybridized carbons (Fsp3) is 0.137. The van der Waals surface area contributed by atoms with Crippen molar-refractivity contribution in [2.75, 3.05) is 42.8 Å². The molecule has 9 aromatic heterocycles. The number of nitrogens with two attached hydrogens (primary N) is 4. The average molecular weight is 1820 g/mol. The van der Waals surface area contributed by atoms with Crippen LogP contribution in [0.5, 0.6) is 0 Å². The van der Waals surface area contributed by atoms with E-state index in [1.807, 2.05) is 86.5 Å². The molecule has 0 fully saturated rings. The fourth-order valence-electron chi connectivity index (χ4n) is 14.0. The van der Waals surface area contributed by atoms with E-state index < -0.39 is 96.5 Å². The summed E-state index contributed by atoms with van der Waals surface area (Å²) in [4.78, 5) is 67.4. The van der Waals surface area contributed by atoms with E-state index in [0.717, 1.165) is 91.8 Å². The maximum absolute atomic E-state index is 15.0. The molecular formula is C95H84ClF7N20O7S. The van der Waals surface area contributed by atoms with Crippen molar-refractivity contribution in [2.24, 2.45) is 28.2 Å². The quantitative estimate of drug-likeness (QED) is 0.0250. The van der Waals surface area contributed by atoms with Gasteiger partial charge in [-0.1, -0.05) is 71.8 Å². The van der Waals surface area contributed by atoms with Gasteiger partial charge in [0, 0.05) is 145 Å². The number of rotatable bonds is 24. The van der Waals surface area contributed by atoms with E-state index in [1.54, 1.807) is 136 Å². The Balaban J connectivity index is 0.000000149. The second kappa shape index (κ2) is 41.9. The Morgan fingerprint density at radius 1 is 0.412 bits per heavy atom.